The molecule has 0 aliphatic heterocycles. The summed E-state index contributed by atoms with van der Waals surface area (Å²) in [5, 5.41) is 4.02. The second kappa shape index (κ2) is 7.23. The number of aromatic nitrogens is 3. The lowest BCUT2D eigenvalue weighted by Gasteiger charge is -2.13. The summed E-state index contributed by atoms with van der Waals surface area (Å²) in [7, 11) is 3.53. The predicted octanol–water partition coefficient (Wildman–Crippen LogP) is 3.61. The van der Waals surface area contributed by atoms with Crippen LogP contribution in [0, 0.1) is 6.92 Å². The molecule has 1 N–H and O–H groups in total. The Labute approximate surface area is 163 Å². The zero-order valence-electron chi connectivity index (χ0n) is 16.1. The number of hydrogen-bond acceptors (Lipinski definition) is 3. The summed E-state index contributed by atoms with van der Waals surface area (Å²) < 4.78 is 9.20. The quantitative estimate of drug-likeness (QED) is 0.580. The summed E-state index contributed by atoms with van der Waals surface area (Å²) >= 11 is 0. The Balaban J connectivity index is 1.58. The van der Waals surface area contributed by atoms with Crippen LogP contribution in [0.1, 0.15) is 21.9 Å². The van der Waals surface area contributed by atoms with Crippen LogP contribution < -0.4 is 10.1 Å². The standard InChI is InChI=1S/C22H22N4O2/c1-15-23-10-11-26(15)20-7-5-4-6-16(20)14-24-22(27)21-13-17-12-18(28-3)8-9-19(17)25(21)2/h4-13H,14H2,1-3H3,(H,24,27). The van der Waals surface area contributed by atoms with Crippen LogP contribution in [0.3, 0.4) is 0 Å². The number of nitrogens with one attached hydrogen (secondary N) is 1. The third-order valence-corrected chi connectivity index (χ3v) is 5.00. The number of carbonyl (C=O) groups is 1. The van der Waals surface area contributed by atoms with E-state index in [-0.39, 0.29) is 5.91 Å². The number of ether oxygens (including phenoxy) is 1. The Morgan fingerprint density at radius 3 is 2.75 bits per heavy atom. The summed E-state index contributed by atoms with van der Waals surface area (Å²) in [6.07, 6.45) is 3.70. The van der Waals surface area contributed by atoms with Gasteiger partial charge in [0.2, 0.25) is 0 Å². The number of hydrogen-bond donors (Lipinski definition) is 1. The first kappa shape index (κ1) is 17.9. The lowest BCUT2D eigenvalue weighted by atomic mass is 10.1. The molecule has 0 unspecified atom stereocenters. The molecule has 0 bridgehead atoms. The van der Waals surface area contributed by atoms with Crippen molar-refractivity contribution in [1.29, 1.82) is 0 Å². The minimum atomic E-state index is -0.116. The maximum atomic E-state index is 12.8. The van der Waals surface area contributed by atoms with Gasteiger partial charge in [0.05, 0.1) is 12.8 Å². The van der Waals surface area contributed by atoms with Crippen molar-refractivity contribution >= 4 is 16.8 Å². The van der Waals surface area contributed by atoms with E-state index in [9.17, 15) is 4.79 Å². The van der Waals surface area contributed by atoms with Gasteiger partial charge >= 0.3 is 0 Å². The number of methoxy groups -OCH3 is 1. The molecule has 0 radical (unpaired) electrons. The fourth-order valence-electron chi connectivity index (χ4n) is 3.47. The van der Waals surface area contributed by atoms with E-state index in [1.54, 1.807) is 13.3 Å². The summed E-state index contributed by atoms with van der Waals surface area (Å²) in [6.45, 7) is 2.39. The highest BCUT2D eigenvalue weighted by atomic mass is 16.5. The molecule has 0 spiro atoms. The molecule has 0 saturated carbocycles. The average molecular weight is 374 g/mol. The van der Waals surface area contributed by atoms with E-state index in [0.29, 0.717) is 12.2 Å². The van der Waals surface area contributed by atoms with Crippen molar-refractivity contribution in [1.82, 2.24) is 19.4 Å². The van der Waals surface area contributed by atoms with Crippen molar-refractivity contribution in [2.45, 2.75) is 13.5 Å². The number of nitrogens with zero attached hydrogens (tertiary/aromatic N) is 3. The van der Waals surface area contributed by atoms with Gasteiger partial charge in [0.1, 0.15) is 17.3 Å². The fourth-order valence-corrected chi connectivity index (χ4v) is 3.47. The molecule has 0 atom stereocenters. The summed E-state index contributed by atoms with van der Waals surface area (Å²) in [6, 6.07) is 15.7. The van der Waals surface area contributed by atoms with Gasteiger partial charge in [0, 0.05) is 36.9 Å². The van der Waals surface area contributed by atoms with Crippen molar-refractivity contribution in [3.8, 4) is 11.4 Å². The third-order valence-electron chi connectivity index (χ3n) is 5.00. The van der Waals surface area contributed by atoms with E-state index in [1.807, 2.05) is 77.8 Å². The first-order valence-electron chi connectivity index (χ1n) is 9.08. The van der Waals surface area contributed by atoms with Gasteiger partial charge in [-0.1, -0.05) is 18.2 Å². The highest BCUT2D eigenvalue weighted by Crippen LogP contribution is 2.24. The molecule has 2 aromatic heterocycles. The first-order chi connectivity index (χ1) is 13.6. The van der Waals surface area contributed by atoms with Gasteiger partial charge in [0.15, 0.2) is 0 Å². The molecule has 2 aromatic carbocycles. The number of aryl methyl sites for hydroxylation is 2. The van der Waals surface area contributed by atoms with Crippen molar-refractivity contribution in [3.05, 3.63) is 78.0 Å². The molecule has 4 rings (SSSR count). The normalized spacial score (nSPS) is 11.0. The maximum Gasteiger partial charge on any atom is 0.268 e. The van der Waals surface area contributed by atoms with E-state index in [1.165, 1.54) is 0 Å². The number of benzene rings is 2. The van der Waals surface area contributed by atoms with Crippen LogP contribution in [-0.4, -0.2) is 27.1 Å². The number of carbonyl (C=O) groups excluding carboxylic acids is 1. The van der Waals surface area contributed by atoms with Crippen LogP contribution in [0.5, 0.6) is 5.75 Å². The molecule has 0 saturated heterocycles. The molecule has 0 fully saturated rings. The molecule has 2 heterocycles. The van der Waals surface area contributed by atoms with Crippen LogP contribution in [0.15, 0.2) is 60.9 Å². The van der Waals surface area contributed by atoms with Gasteiger partial charge in [-0.05, 0) is 42.8 Å². The average Bonchev–Trinajstić information content (AvgIpc) is 3.29. The van der Waals surface area contributed by atoms with Crippen LogP contribution in [0.4, 0.5) is 0 Å². The SMILES string of the molecule is COc1ccc2c(c1)cc(C(=O)NCc1ccccc1-n1ccnc1C)n2C. The Kier molecular flexibility index (Phi) is 4.61. The zero-order valence-corrected chi connectivity index (χ0v) is 16.1. The van der Waals surface area contributed by atoms with Gasteiger partial charge in [-0.3, -0.25) is 4.79 Å². The Morgan fingerprint density at radius 1 is 1.18 bits per heavy atom. The molecule has 4 aromatic rings. The van der Waals surface area contributed by atoms with E-state index in [4.69, 9.17) is 4.74 Å². The van der Waals surface area contributed by atoms with Gasteiger partial charge < -0.3 is 19.2 Å². The largest absolute Gasteiger partial charge is 0.497 e. The summed E-state index contributed by atoms with van der Waals surface area (Å²) in [5.41, 5.74) is 3.64. The fraction of sp³-hybridized carbons (Fsp3) is 0.182. The smallest absolute Gasteiger partial charge is 0.268 e. The zero-order chi connectivity index (χ0) is 19.7. The highest BCUT2D eigenvalue weighted by Gasteiger charge is 2.15. The third kappa shape index (κ3) is 3.13. The van der Waals surface area contributed by atoms with Gasteiger partial charge in [-0.25, -0.2) is 4.98 Å². The van der Waals surface area contributed by atoms with Crippen molar-refractivity contribution < 1.29 is 9.53 Å². The Hall–Kier alpha value is -3.54. The van der Waals surface area contributed by atoms with Crippen molar-refractivity contribution in [2.75, 3.05) is 7.11 Å². The predicted molar refractivity (Wildman–Crippen MR) is 109 cm³/mol. The molecule has 1 amide bonds. The van der Waals surface area contributed by atoms with Gasteiger partial charge in [-0.2, -0.15) is 0 Å². The number of para-hydroxylation sites is 1. The van der Waals surface area contributed by atoms with Crippen LogP contribution in [-0.2, 0) is 13.6 Å². The summed E-state index contributed by atoms with van der Waals surface area (Å²) in [5.74, 6) is 1.56. The number of amides is 1. The van der Waals surface area contributed by atoms with Crippen LogP contribution in [0.2, 0.25) is 0 Å². The topological polar surface area (TPSA) is 61.1 Å². The molecule has 0 aliphatic rings. The van der Waals surface area contributed by atoms with Gasteiger partial charge in [0.25, 0.3) is 5.91 Å². The monoisotopic (exact) mass is 374 g/mol. The first-order valence-corrected chi connectivity index (χ1v) is 9.08. The lowest BCUT2D eigenvalue weighted by molar-refractivity contribution is 0.0943. The van der Waals surface area contributed by atoms with Crippen molar-refractivity contribution in [3.63, 3.8) is 0 Å². The molecular formula is C22H22N4O2. The second-order valence-corrected chi connectivity index (χ2v) is 6.67. The number of fused-ring (bicyclic) bond motifs is 1. The Morgan fingerprint density at radius 2 is 2.00 bits per heavy atom. The maximum absolute atomic E-state index is 12.8. The molecule has 28 heavy (non-hydrogen) atoms. The van der Waals surface area contributed by atoms with E-state index >= 15 is 0 Å². The van der Waals surface area contributed by atoms with Crippen LogP contribution in [0.25, 0.3) is 16.6 Å². The highest BCUT2D eigenvalue weighted by molar-refractivity contribution is 5.99. The second-order valence-electron chi connectivity index (χ2n) is 6.67. The minimum absolute atomic E-state index is 0.116. The van der Waals surface area contributed by atoms with Crippen LogP contribution >= 0.6 is 0 Å². The molecule has 142 valence electrons. The molecule has 6 nitrogen and oxygen atoms in total. The summed E-state index contributed by atoms with van der Waals surface area (Å²) in [4.78, 5) is 17.1. The minimum Gasteiger partial charge on any atom is -0.497 e. The Bertz CT molecular complexity index is 1160. The van der Waals surface area contributed by atoms with E-state index in [2.05, 4.69) is 10.3 Å². The molecular weight excluding hydrogens is 352 g/mol. The molecule has 6 heteroatoms. The number of imidazole rings is 1. The van der Waals surface area contributed by atoms with Gasteiger partial charge in [-0.15, -0.1) is 0 Å². The van der Waals surface area contributed by atoms with E-state index in [0.717, 1.165) is 33.7 Å². The van der Waals surface area contributed by atoms with Crippen molar-refractivity contribution in [2.24, 2.45) is 7.05 Å². The molecule has 0 aliphatic carbocycles. The lowest BCUT2D eigenvalue weighted by Crippen LogP contribution is -2.25. The number of rotatable bonds is 5. The van der Waals surface area contributed by atoms with E-state index < -0.39 is 0 Å².